The molecule has 0 spiro atoms. The van der Waals surface area contributed by atoms with E-state index in [4.69, 9.17) is 0 Å². The lowest BCUT2D eigenvalue weighted by atomic mass is 9.98. The first-order chi connectivity index (χ1) is 8.77. The van der Waals surface area contributed by atoms with Crippen molar-refractivity contribution < 1.29 is 5.11 Å². The summed E-state index contributed by atoms with van der Waals surface area (Å²) in [6.07, 6.45) is -0.347. The highest BCUT2D eigenvalue weighted by Gasteiger charge is 2.13. The lowest BCUT2D eigenvalue weighted by molar-refractivity contribution is 0.188. The van der Waals surface area contributed by atoms with Gasteiger partial charge in [0.15, 0.2) is 0 Å². The normalized spacial score (nSPS) is 11.9. The third-order valence-corrected chi connectivity index (χ3v) is 2.88. The minimum atomic E-state index is -0.347. The molecule has 2 nitrogen and oxygen atoms in total. The van der Waals surface area contributed by atoms with E-state index in [0.717, 1.165) is 0 Å². The van der Waals surface area contributed by atoms with E-state index in [0.29, 0.717) is 6.54 Å². The van der Waals surface area contributed by atoms with Gasteiger partial charge in [-0.25, -0.2) is 0 Å². The zero-order chi connectivity index (χ0) is 12.8. The molecule has 2 aromatic rings. The highest BCUT2D eigenvalue weighted by atomic mass is 35.5. The van der Waals surface area contributed by atoms with Crippen molar-refractivity contribution in [2.45, 2.75) is 19.1 Å². The van der Waals surface area contributed by atoms with Crippen LogP contribution < -0.4 is 5.32 Å². The molecule has 0 aliphatic carbocycles. The van der Waals surface area contributed by atoms with Gasteiger partial charge in [-0.3, -0.25) is 0 Å². The van der Waals surface area contributed by atoms with Gasteiger partial charge in [0.05, 0.1) is 12.1 Å². The third kappa shape index (κ3) is 4.67. The van der Waals surface area contributed by atoms with E-state index in [1.165, 1.54) is 11.1 Å². The maximum absolute atomic E-state index is 9.43. The predicted molar refractivity (Wildman–Crippen MR) is 81.7 cm³/mol. The molecular weight excluding hydrogens is 258 g/mol. The molecule has 2 N–H and O–H groups in total. The SMILES string of the molecule is CC(O)CNC(c1ccccc1)c1ccccc1.Cl. The number of hydrogen-bond acceptors (Lipinski definition) is 2. The van der Waals surface area contributed by atoms with Crippen LogP contribution in [0.3, 0.4) is 0 Å². The van der Waals surface area contributed by atoms with Crippen LogP contribution in [0.4, 0.5) is 0 Å². The van der Waals surface area contributed by atoms with Gasteiger partial charge in [0.25, 0.3) is 0 Å². The fraction of sp³-hybridized carbons (Fsp3) is 0.250. The van der Waals surface area contributed by atoms with Crippen molar-refractivity contribution >= 4 is 12.4 Å². The molecule has 0 heterocycles. The number of rotatable bonds is 5. The maximum atomic E-state index is 9.43. The molecule has 19 heavy (non-hydrogen) atoms. The van der Waals surface area contributed by atoms with Gasteiger partial charge in [-0.2, -0.15) is 0 Å². The first kappa shape index (κ1) is 15.7. The van der Waals surface area contributed by atoms with Gasteiger partial charge in [-0.05, 0) is 18.1 Å². The number of benzene rings is 2. The molecule has 0 aromatic heterocycles. The van der Waals surface area contributed by atoms with Crippen molar-refractivity contribution in [2.24, 2.45) is 0 Å². The van der Waals surface area contributed by atoms with Crippen LogP contribution in [0.15, 0.2) is 60.7 Å². The van der Waals surface area contributed by atoms with Gasteiger partial charge in [0, 0.05) is 6.54 Å². The Kier molecular flexibility index (Phi) is 6.57. The topological polar surface area (TPSA) is 32.3 Å². The van der Waals surface area contributed by atoms with Gasteiger partial charge in [0.1, 0.15) is 0 Å². The fourth-order valence-electron chi connectivity index (χ4n) is 2.01. The van der Waals surface area contributed by atoms with Crippen LogP contribution in [0.1, 0.15) is 24.1 Å². The Morgan fingerprint density at radius 2 is 1.32 bits per heavy atom. The molecular formula is C16H20ClNO. The van der Waals surface area contributed by atoms with E-state index in [9.17, 15) is 5.11 Å². The van der Waals surface area contributed by atoms with Crippen molar-refractivity contribution in [1.82, 2.24) is 5.32 Å². The Bertz CT molecular complexity index is 419. The number of hydrogen-bond donors (Lipinski definition) is 2. The lowest BCUT2D eigenvalue weighted by Gasteiger charge is -2.20. The van der Waals surface area contributed by atoms with E-state index in [1.54, 1.807) is 6.92 Å². The summed E-state index contributed by atoms with van der Waals surface area (Å²) in [6.45, 7) is 2.37. The predicted octanol–water partition coefficient (Wildman–Crippen LogP) is 3.17. The van der Waals surface area contributed by atoms with Crippen LogP contribution in [-0.2, 0) is 0 Å². The molecule has 3 heteroatoms. The van der Waals surface area contributed by atoms with Crippen molar-refractivity contribution in [3.8, 4) is 0 Å². The number of aliphatic hydroxyl groups excluding tert-OH is 1. The molecule has 0 saturated heterocycles. The zero-order valence-electron chi connectivity index (χ0n) is 11.0. The fourth-order valence-corrected chi connectivity index (χ4v) is 2.01. The minimum absolute atomic E-state index is 0. The Morgan fingerprint density at radius 3 is 1.68 bits per heavy atom. The summed E-state index contributed by atoms with van der Waals surface area (Å²) in [7, 11) is 0. The summed E-state index contributed by atoms with van der Waals surface area (Å²) in [4.78, 5) is 0. The number of halogens is 1. The Morgan fingerprint density at radius 1 is 0.895 bits per heavy atom. The second-order valence-corrected chi connectivity index (χ2v) is 4.51. The molecule has 2 aromatic carbocycles. The summed E-state index contributed by atoms with van der Waals surface area (Å²) < 4.78 is 0. The monoisotopic (exact) mass is 277 g/mol. The van der Waals surface area contributed by atoms with Gasteiger partial charge in [-0.15, -0.1) is 12.4 Å². The first-order valence-electron chi connectivity index (χ1n) is 6.28. The molecule has 0 amide bonds. The summed E-state index contributed by atoms with van der Waals surface area (Å²) in [5.74, 6) is 0. The maximum Gasteiger partial charge on any atom is 0.0636 e. The largest absolute Gasteiger partial charge is 0.392 e. The smallest absolute Gasteiger partial charge is 0.0636 e. The van der Waals surface area contributed by atoms with E-state index >= 15 is 0 Å². The number of aliphatic hydroxyl groups is 1. The Hall–Kier alpha value is -1.35. The quantitative estimate of drug-likeness (QED) is 0.880. The van der Waals surface area contributed by atoms with E-state index in [1.807, 2.05) is 36.4 Å². The molecule has 0 aliphatic heterocycles. The van der Waals surface area contributed by atoms with Crippen molar-refractivity contribution in [1.29, 1.82) is 0 Å². The van der Waals surface area contributed by atoms with Crippen molar-refractivity contribution in [2.75, 3.05) is 6.54 Å². The molecule has 0 radical (unpaired) electrons. The summed E-state index contributed by atoms with van der Waals surface area (Å²) in [6, 6.07) is 20.7. The zero-order valence-corrected chi connectivity index (χ0v) is 11.8. The van der Waals surface area contributed by atoms with Crippen molar-refractivity contribution in [3.63, 3.8) is 0 Å². The van der Waals surface area contributed by atoms with E-state index in [2.05, 4.69) is 29.6 Å². The first-order valence-corrected chi connectivity index (χ1v) is 6.28. The molecule has 0 aliphatic rings. The van der Waals surface area contributed by atoms with Crippen LogP contribution >= 0.6 is 12.4 Å². The average molecular weight is 278 g/mol. The van der Waals surface area contributed by atoms with Gasteiger partial charge in [0.2, 0.25) is 0 Å². The highest BCUT2D eigenvalue weighted by molar-refractivity contribution is 5.85. The summed E-state index contributed by atoms with van der Waals surface area (Å²) >= 11 is 0. The summed E-state index contributed by atoms with van der Waals surface area (Å²) in [5.41, 5.74) is 2.42. The molecule has 102 valence electrons. The second-order valence-electron chi connectivity index (χ2n) is 4.51. The van der Waals surface area contributed by atoms with Gasteiger partial charge < -0.3 is 10.4 Å². The highest BCUT2D eigenvalue weighted by Crippen LogP contribution is 2.21. The summed E-state index contributed by atoms with van der Waals surface area (Å²) in [5, 5.41) is 12.8. The van der Waals surface area contributed by atoms with Crippen molar-refractivity contribution in [3.05, 3.63) is 71.8 Å². The van der Waals surface area contributed by atoms with Gasteiger partial charge in [-0.1, -0.05) is 60.7 Å². The van der Waals surface area contributed by atoms with Crippen LogP contribution in [0.5, 0.6) is 0 Å². The minimum Gasteiger partial charge on any atom is -0.392 e. The lowest BCUT2D eigenvalue weighted by Crippen LogP contribution is -2.29. The molecule has 0 bridgehead atoms. The molecule has 0 fully saturated rings. The average Bonchev–Trinajstić information content (AvgIpc) is 2.41. The van der Waals surface area contributed by atoms with Crippen LogP contribution in [0, 0.1) is 0 Å². The van der Waals surface area contributed by atoms with Crippen LogP contribution in [0.25, 0.3) is 0 Å². The molecule has 1 unspecified atom stereocenters. The molecule has 1 atom stereocenters. The van der Waals surface area contributed by atoms with E-state index < -0.39 is 0 Å². The standard InChI is InChI=1S/C16H19NO.ClH/c1-13(18)12-17-16(14-8-4-2-5-9-14)15-10-6-3-7-11-15;/h2-11,13,16-18H,12H2,1H3;1H. The van der Waals surface area contributed by atoms with Gasteiger partial charge >= 0.3 is 0 Å². The molecule has 0 saturated carbocycles. The van der Waals surface area contributed by atoms with E-state index in [-0.39, 0.29) is 24.6 Å². The molecule has 2 rings (SSSR count). The third-order valence-electron chi connectivity index (χ3n) is 2.88. The Balaban J connectivity index is 0.00000180. The second kappa shape index (κ2) is 7.95. The number of nitrogens with one attached hydrogen (secondary N) is 1. The Labute approximate surface area is 120 Å². The van der Waals surface area contributed by atoms with Crippen LogP contribution in [0.2, 0.25) is 0 Å². The van der Waals surface area contributed by atoms with Crippen LogP contribution in [-0.4, -0.2) is 17.8 Å².